The number of halogens is 2. The van der Waals surface area contributed by atoms with E-state index in [-0.39, 0.29) is 11.2 Å². The molecule has 1 saturated carbocycles. The molecule has 1 aliphatic rings. The lowest BCUT2D eigenvalue weighted by molar-refractivity contribution is 0.0980. The maximum Gasteiger partial charge on any atom is 0.137 e. The number of benzene rings is 1. The highest BCUT2D eigenvalue weighted by molar-refractivity contribution is 9.10. The van der Waals surface area contributed by atoms with Crippen molar-refractivity contribution in [2.75, 3.05) is 7.05 Å². The van der Waals surface area contributed by atoms with Crippen molar-refractivity contribution >= 4 is 15.9 Å². The third-order valence-corrected chi connectivity index (χ3v) is 5.74. The normalized spacial score (nSPS) is 26.9. The highest BCUT2D eigenvalue weighted by Gasteiger charge is 2.38. The summed E-state index contributed by atoms with van der Waals surface area (Å²) in [5.74, 6) is 1.30. The SMILES string of the molecule is CNC1CC(C)CCC1C(C)(C)Cc1ccc(F)c(Br)c1. The molecule has 0 spiro atoms. The summed E-state index contributed by atoms with van der Waals surface area (Å²) >= 11 is 3.30. The van der Waals surface area contributed by atoms with E-state index in [0.717, 1.165) is 12.3 Å². The third kappa shape index (κ3) is 4.07. The second-order valence-electron chi connectivity index (χ2n) is 7.33. The lowest BCUT2D eigenvalue weighted by Gasteiger charge is -2.44. The van der Waals surface area contributed by atoms with Gasteiger partial charge in [0.15, 0.2) is 0 Å². The quantitative estimate of drug-likeness (QED) is 0.784. The van der Waals surface area contributed by atoms with Crippen molar-refractivity contribution in [2.24, 2.45) is 17.3 Å². The van der Waals surface area contributed by atoms with Crippen LogP contribution < -0.4 is 5.32 Å². The molecule has 1 aromatic carbocycles. The van der Waals surface area contributed by atoms with Crippen LogP contribution in [0.2, 0.25) is 0 Å². The summed E-state index contributed by atoms with van der Waals surface area (Å²) in [6.45, 7) is 7.06. The van der Waals surface area contributed by atoms with Gasteiger partial charge in [0.25, 0.3) is 0 Å². The first kappa shape index (κ1) is 17.0. The average Bonchev–Trinajstić information content (AvgIpc) is 2.42. The first-order valence-corrected chi connectivity index (χ1v) is 8.74. The highest BCUT2D eigenvalue weighted by Crippen LogP contribution is 2.42. The molecule has 0 heterocycles. The molecule has 3 unspecified atom stereocenters. The first-order chi connectivity index (χ1) is 9.83. The molecule has 0 aliphatic heterocycles. The molecular formula is C18H27BrFN. The molecule has 118 valence electrons. The summed E-state index contributed by atoms with van der Waals surface area (Å²) in [4.78, 5) is 0. The van der Waals surface area contributed by atoms with E-state index in [1.165, 1.54) is 24.8 Å². The molecule has 1 N–H and O–H groups in total. The summed E-state index contributed by atoms with van der Waals surface area (Å²) in [5, 5.41) is 3.53. The van der Waals surface area contributed by atoms with Gasteiger partial charge in [-0.25, -0.2) is 4.39 Å². The molecule has 3 heteroatoms. The lowest BCUT2D eigenvalue weighted by Crippen LogP contribution is -2.46. The minimum Gasteiger partial charge on any atom is -0.317 e. The van der Waals surface area contributed by atoms with Crippen LogP contribution in [0.15, 0.2) is 22.7 Å². The predicted molar refractivity (Wildman–Crippen MR) is 90.9 cm³/mol. The zero-order valence-corrected chi connectivity index (χ0v) is 15.1. The molecule has 0 saturated heterocycles. The lowest BCUT2D eigenvalue weighted by atomic mass is 9.64. The van der Waals surface area contributed by atoms with Crippen molar-refractivity contribution in [1.82, 2.24) is 5.32 Å². The van der Waals surface area contributed by atoms with Gasteiger partial charge in [-0.15, -0.1) is 0 Å². The van der Waals surface area contributed by atoms with Crippen molar-refractivity contribution in [3.8, 4) is 0 Å². The fourth-order valence-electron chi connectivity index (χ4n) is 3.94. The first-order valence-electron chi connectivity index (χ1n) is 7.94. The molecule has 0 bridgehead atoms. The largest absolute Gasteiger partial charge is 0.317 e. The van der Waals surface area contributed by atoms with E-state index in [0.29, 0.717) is 16.4 Å². The Morgan fingerprint density at radius 1 is 1.33 bits per heavy atom. The Morgan fingerprint density at radius 3 is 2.67 bits per heavy atom. The van der Waals surface area contributed by atoms with Crippen molar-refractivity contribution in [1.29, 1.82) is 0 Å². The Morgan fingerprint density at radius 2 is 2.05 bits per heavy atom. The molecular weight excluding hydrogens is 329 g/mol. The minimum atomic E-state index is -0.184. The molecule has 0 aromatic heterocycles. The van der Waals surface area contributed by atoms with Crippen LogP contribution in [-0.4, -0.2) is 13.1 Å². The van der Waals surface area contributed by atoms with E-state index < -0.39 is 0 Å². The van der Waals surface area contributed by atoms with Crippen LogP contribution in [-0.2, 0) is 6.42 Å². The number of hydrogen-bond donors (Lipinski definition) is 1. The molecule has 0 radical (unpaired) electrons. The number of rotatable bonds is 4. The van der Waals surface area contributed by atoms with Gasteiger partial charge in [0, 0.05) is 6.04 Å². The zero-order chi connectivity index (χ0) is 15.6. The maximum atomic E-state index is 13.4. The van der Waals surface area contributed by atoms with Crippen molar-refractivity contribution in [3.63, 3.8) is 0 Å². The summed E-state index contributed by atoms with van der Waals surface area (Å²) in [6.07, 6.45) is 4.85. The van der Waals surface area contributed by atoms with Crippen LogP contribution in [0, 0.1) is 23.1 Å². The van der Waals surface area contributed by atoms with Gasteiger partial charge >= 0.3 is 0 Å². The molecule has 2 rings (SSSR count). The number of nitrogens with one attached hydrogen (secondary N) is 1. The fourth-order valence-corrected chi connectivity index (χ4v) is 4.37. The van der Waals surface area contributed by atoms with E-state index in [1.807, 2.05) is 12.1 Å². The second kappa shape index (κ2) is 6.78. The van der Waals surface area contributed by atoms with Crippen LogP contribution in [0.4, 0.5) is 4.39 Å². The summed E-state index contributed by atoms with van der Waals surface area (Å²) in [7, 11) is 2.08. The molecule has 0 amide bonds. The summed E-state index contributed by atoms with van der Waals surface area (Å²) in [6, 6.07) is 6.00. The summed E-state index contributed by atoms with van der Waals surface area (Å²) < 4.78 is 14.0. The molecule has 21 heavy (non-hydrogen) atoms. The van der Waals surface area contributed by atoms with Crippen molar-refractivity contribution in [2.45, 2.75) is 52.5 Å². The Hall–Kier alpha value is -0.410. The van der Waals surface area contributed by atoms with Gasteiger partial charge in [0.05, 0.1) is 4.47 Å². The van der Waals surface area contributed by atoms with Gasteiger partial charge in [-0.2, -0.15) is 0 Å². The Balaban J connectivity index is 2.14. The van der Waals surface area contributed by atoms with E-state index in [4.69, 9.17) is 0 Å². The van der Waals surface area contributed by atoms with E-state index in [2.05, 4.69) is 49.1 Å². The van der Waals surface area contributed by atoms with Crippen LogP contribution in [0.1, 0.15) is 45.6 Å². The van der Waals surface area contributed by atoms with Crippen LogP contribution in [0.3, 0.4) is 0 Å². The van der Waals surface area contributed by atoms with Gasteiger partial charge < -0.3 is 5.32 Å². The molecule has 3 atom stereocenters. The monoisotopic (exact) mass is 355 g/mol. The maximum absolute atomic E-state index is 13.4. The number of hydrogen-bond acceptors (Lipinski definition) is 1. The Kier molecular flexibility index (Phi) is 5.48. The molecule has 1 aliphatic carbocycles. The standard InChI is InChI=1S/C18H27BrFN/c1-12-5-7-14(17(9-12)21-4)18(2,3)11-13-6-8-16(20)15(19)10-13/h6,8,10,12,14,17,21H,5,7,9,11H2,1-4H3. The van der Waals surface area contributed by atoms with Crippen molar-refractivity contribution in [3.05, 3.63) is 34.1 Å². The Bertz CT molecular complexity index is 486. The van der Waals surface area contributed by atoms with Gasteiger partial charge in [0.1, 0.15) is 5.82 Å². The highest BCUT2D eigenvalue weighted by atomic mass is 79.9. The van der Waals surface area contributed by atoms with Crippen LogP contribution >= 0.6 is 15.9 Å². The van der Waals surface area contributed by atoms with Gasteiger partial charge in [0.2, 0.25) is 0 Å². The molecule has 1 fully saturated rings. The predicted octanol–water partition coefficient (Wildman–Crippen LogP) is 5.18. The van der Waals surface area contributed by atoms with E-state index >= 15 is 0 Å². The van der Waals surface area contributed by atoms with Crippen LogP contribution in [0.25, 0.3) is 0 Å². The van der Waals surface area contributed by atoms with Gasteiger partial charge in [-0.05, 0) is 77.2 Å². The molecule has 1 aromatic rings. The second-order valence-corrected chi connectivity index (χ2v) is 8.19. The van der Waals surface area contributed by atoms with Gasteiger partial charge in [-0.3, -0.25) is 0 Å². The summed E-state index contributed by atoms with van der Waals surface area (Å²) in [5.41, 5.74) is 1.42. The minimum absolute atomic E-state index is 0.184. The van der Waals surface area contributed by atoms with Gasteiger partial charge in [-0.1, -0.05) is 33.3 Å². The third-order valence-electron chi connectivity index (χ3n) is 5.13. The van der Waals surface area contributed by atoms with Crippen molar-refractivity contribution < 1.29 is 4.39 Å². The van der Waals surface area contributed by atoms with E-state index in [1.54, 1.807) is 6.07 Å². The topological polar surface area (TPSA) is 12.0 Å². The molecule has 1 nitrogen and oxygen atoms in total. The van der Waals surface area contributed by atoms with E-state index in [9.17, 15) is 4.39 Å². The fraction of sp³-hybridized carbons (Fsp3) is 0.667. The average molecular weight is 356 g/mol. The Labute approximate surface area is 136 Å². The van der Waals surface area contributed by atoms with Crippen LogP contribution in [0.5, 0.6) is 0 Å². The smallest absolute Gasteiger partial charge is 0.137 e. The zero-order valence-electron chi connectivity index (χ0n) is 13.5.